The quantitative estimate of drug-likeness (QED) is 0.773. The minimum Gasteiger partial charge on any atom is -0.497 e. The average Bonchev–Trinajstić information content (AvgIpc) is 2.76. The van der Waals surface area contributed by atoms with E-state index in [9.17, 15) is 4.79 Å². The van der Waals surface area contributed by atoms with Gasteiger partial charge in [-0.2, -0.15) is 5.26 Å². The van der Waals surface area contributed by atoms with E-state index in [4.69, 9.17) is 14.7 Å². The largest absolute Gasteiger partial charge is 0.497 e. The molecule has 3 heterocycles. The van der Waals surface area contributed by atoms with E-state index in [-0.39, 0.29) is 5.91 Å². The van der Waals surface area contributed by atoms with Crippen molar-refractivity contribution in [1.82, 2.24) is 9.88 Å². The molecule has 0 N–H and O–H groups in total. The lowest BCUT2D eigenvalue weighted by atomic mass is 9.73. The SMILES string of the molecule is COc1cccc(CC2(C(=O)N3CCOCC3)CN(c3cccc(C#N)n3)C2)c1. The van der Waals surface area contributed by atoms with Crippen molar-refractivity contribution in [3.63, 3.8) is 0 Å². The van der Waals surface area contributed by atoms with E-state index >= 15 is 0 Å². The molecule has 2 aliphatic rings. The van der Waals surface area contributed by atoms with Crippen LogP contribution in [-0.4, -0.2) is 62.3 Å². The van der Waals surface area contributed by atoms with Crippen LogP contribution in [0.5, 0.6) is 5.75 Å². The molecule has 7 heteroatoms. The monoisotopic (exact) mass is 392 g/mol. The number of nitriles is 1. The van der Waals surface area contributed by atoms with Gasteiger partial charge in [0, 0.05) is 26.2 Å². The lowest BCUT2D eigenvalue weighted by Gasteiger charge is -2.51. The Hall–Kier alpha value is -3.11. The Morgan fingerprint density at radius 3 is 2.72 bits per heavy atom. The maximum absolute atomic E-state index is 13.5. The van der Waals surface area contributed by atoms with Gasteiger partial charge in [-0.15, -0.1) is 0 Å². The minimum atomic E-state index is -0.520. The van der Waals surface area contributed by atoms with E-state index in [0.29, 0.717) is 51.5 Å². The van der Waals surface area contributed by atoms with Crippen LogP contribution in [0.2, 0.25) is 0 Å². The summed E-state index contributed by atoms with van der Waals surface area (Å²) < 4.78 is 10.8. The molecular formula is C22H24N4O3. The van der Waals surface area contributed by atoms with E-state index in [1.54, 1.807) is 13.2 Å². The summed E-state index contributed by atoms with van der Waals surface area (Å²) in [6.07, 6.45) is 0.634. The lowest BCUT2D eigenvalue weighted by molar-refractivity contribution is -0.148. The highest BCUT2D eigenvalue weighted by Crippen LogP contribution is 2.39. The summed E-state index contributed by atoms with van der Waals surface area (Å²) >= 11 is 0. The average molecular weight is 392 g/mol. The number of benzene rings is 1. The molecule has 29 heavy (non-hydrogen) atoms. The highest BCUT2D eigenvalue weighted by atomic mass is 16.5. The van der Waals surface area contributed by atoms with Crippen molar-refractivity contribution in [2.24, 2.45) is 5.41 Å². The van der Waals surface area contributed by atoms with Crippen molar-refractivity contribution in [2.45, 2.75) is 6.42 Å². The summed E-state index contributed by atoms with van der Waals surface area (Å²) in [6.45, 7) is 3.55. The molecule has 2 aliphatic heterocycles. The molecule has 2 fully saturated rings. The highest BCUT2D eigenvalue weighted by Gasteiger charge is 2.51. The summed E-state index contributed by atoms with van der Waals surface area (Å²) in [6, 6.07) is 15.4. The Bertz CT molecular complexity index is 928. The zero-order chi connectivity index (χ0) is 20.3. The zero-order valence-electron chi connectivity index (χ0n) is 16.5. The number of hydrogen-bond acceptors (Lipinski definition) is 6. The molecule has 0 radical (unpaired) electrons. The van der Waals surface area contributed by atoms with Gasteiger partial charge >= 0.3 is 0 Å². The number of anilines is 1. The number of nitrogens with zero attached hydrogens (tertiary/aromatic N) is 4. The third-order valence-electron chi connectivity index (χ3n) is 5.59. The van der Waals surface area contributed by atoms with Crippen LogP contribution in [0.15, 0.2) is 42.5 Å². The fourth-order valence-corrected chi connectivity index (χ4v) is 4.11. The van der Waals surface area contributed by atoms with Gasteiger partial charge in [-0.05, 0) is 36.2 Å². The maximum Gasteiger partial charge on any atom is 0.232 e. The summed E-state index contributed by atoms with van der Waals surface area (Å²) in [4.78, 5) is 21.9. The smallest absolute Gasteiger partial charge is 0.232 e. The first-order valence-electron chi connectivity index (χ1n) is 9.76. The molecular weight excluding hydrogens is 368 g/mol. The molecule has 4 rings (SSSR count). The van der Waals surface area contributed by atoms with Crippen LogP contribution in [0.1, 0.15) is 11.3 Å². The van der Waals surface area contributed by atoms with Crippen LogP contribution in [0.3, 0.4) is 0 Å². The first kappa shape index (κ1) is 19.2. The van der Waals surface area contributed by atoms with Gasteiger partial charge in [0.2, 0.25) is 5.91 Å². The molecule has 7 nitrogen and oxygen atoms in total. The van der Waals surface area contributed by atoms with Crippen molar-refractivity contribution in [3.05, 3.63) is 53.7 Å². The van der Waals surface area contributed by atoms with Crippen molar-refractivity contribution < 1.29 is 14.3 Å². The van der Waals surface area contributed by atoms with Gasteiger partial charge in [0.25, 0.3) is 0 Å². The number of methoxy groups -OCH3 is 1. The van der Waals surface area contributed by atoms with Crippen LogP contribution in [0.25, 0.3) is 0 Å². The van der Waals surface area contributed by atoms with Gasteiger partial charge in [-0.1, -0.05) is 18.2 Å². The molecule has 150 valence electrons. The third kappa shape index (κ3) is 3.89. The molecule has 0 spiro atoms. The van der Waals surface area contributed by atoms with Crippen LogP contribution in [0.4, 0.5) is 5.82 Å². The number of amides is 1. The van der Waals surface area contributed by atoms with Gasteiger partial charge in [-0.25, -0.2) is 4.98 Å². The number of aromatic nitrogens is 1. The zero-order valence-corrected chi connectivity index (χ0v) is 16.5. The Kier molecular flexibility index (Phi) is 5.36. The molecule has 1 amide bonds. The first-order chi connectivity index (χ1) is 14.1. The van der Waals surface area contributed by atoms with E-state index in [1.807, 2.05) is 41.3 Å². The van der Waals surface area contributed by atoms with E-state index in [0.717, 1.165) is 17.1 Å². The van der Waals surface area contributed by atoms with E-state index in [2.05, 4.69) is 16.0 Å². The topological polar surface area (TPSA) is 78.7 Å². The highest BCUT2D eigenvalue weighted by molar-refractivity contribution is 5.86. The molecule has 0 saturated carbocycles. The molecule has 0 bridgehead atoms. The summed E-state index contributed by atoms with van der Waals surface area (Å²) in [5.41, 5.74) is 0.935. The second-order valence-corrected chi connectivity index (χ2v) is 7.56. The fraction of sp³-hybridized carbons (Fsp3) is 0.409. The van der Waals surface area contributed by atoms with Crippen LogP contribution >= 0.6 is 0 Å². The Morgan fingerprint density at radius 2 is 2.00 bits per heavy atom. The number of carbonyl (C=O) groups is 1. The predicted octanol–water partition coefficient (Wildman–Crippen LogP) is 1.87. The standard InChI is InChI=1S/C22H24N4O3/c1-28-19-6-2-4-17(12-19)13-22(21(27)25-8-10-29-11-9-25)15-26(16-22)20-7-3-5-18(14-23)24-20/h2-7,12H,8-11,13,15-16H2,1H3. The predicted molar refractivity (Wildman–Crippen MR) is 108 cm³/mol. The fourth-order valence-electron chi connectivity index (χ4n) is 4.11. The number of morpholine rings is 1. The normalized spacial score (nSPS) is 17.9. The molecule has 2 saturated heterocycles. The molecule has 0 atom stereocenters. The first-order valence-corrected chi connectivity index (χ1v) is 9.76. The minimum absolute atomic E-state index is 0.163. The van der Waals surface area contributed by atoms with Gasteiger partial charge in [-0.3, -0.25) is 4.79 Å². The van der Waals surface area contributed by atoms with Gasteiger partial charge < -0.3 is 19.3 Å². The van der Waals surface area contributed by atoms with Crippen LogP contribution in [0, 0.1) is 16.7 Å². The second-order valence-electron chi connectivity index (χ2n) is 7.56. The second kappa shape index (κ2) is 8.10. The Labute approximate surface area is 170 Å². The molecule has 1 aromatic carbocycles. The number of carbonyl (C=O) groups excluding carboxylic acids is 1. The van der Waals surface area contributed by atoms with Gasteiger partial charge in [0.1, 0.15) is 23.3 Å². The third-order valence-corrected chi connectivity index (χ3v) is 5.59. The molecule has 0 aliphatic carbocycles. The van der Waals surface area contributed by atoms with E-state index < -0.39 is 5.41 Å². The van der Waals surface area contributed by atoms with E-state index in [1.165, 1.54) is 0 Å². The summed E-state index contributed by atoms with van der Waals surface area (Å²) in [5, 5.41) is 9.12. The van der Waals surface area contributed by atoms with Gasteiger partial charge in [0.05, 0.1) is 25.7 Å². The van der Waals surface area contributed by atoms with Crippen LogP contribution < -0.4 is 9.64 Å². The maximum atomic E-state index is 13.5. The number of pyridine rings is 1. The lowest BCUT2D eigenvalue weighted by Crippen LogP contribution is -2.66. The van der Waals surface area contributed by atoms with Crippen molar-refractivity contribution >= 4 is 11.7 Å². The molecule has 0 unspecified atom stereocenters. The molecule has 1 aromatic heterocycles. The van der Waals surface area contributed by atoms with Crippen molar-refractivity contribution in [1.29, 1.82) is 5.26 Å². The van der Waals surface area contributed by atoms with Crippen molar-refractivity contribution in [2.75, 3.05) is 51.4 Å². The number of hydrogen-bond donors (Lipinski definition) is 0. The summed E-state index contributed by atoms with van der Waals surface area (Å²) in [5.74, 6) is 1.69. The Balaban J connectivity index is 1.58. The molecule has 2 aromatic rings. The van der Waals surface area contributed by atoms with Crippen molar-refractivity contribution in [3.8, 4) is 11.8 Å². The summed E-state index contributed by atoms with van der Waals surface area (Å²) in [7, 11) is 1.65. The number of rotatable bonds is 5. The Morgan fingerprint density at radius 1 is 1.24 bits per heavy atom. The van der Waals surface area contributed by atoms with Gasteiger partial charge in [0.15, 0.2) is 0 Å². The number of ether oxygens (including phenoxy) is 2. The van der Waals surface area contributed by atoms with Crippen LogP contribution in [-0.2, 0) is 16.0 Å².